The minimum atomic E-state index is -0.525. The molecule has 0 spiro atoms. The van der Waals surface area contributed by atoms with Gasteiger partial charge in [0.1, 0.15) is 11.6 Å². The van der Waals surface area contributed by atoms with Crippen molar-refractivity contribution < 1.29 is 9.59 Å². The van der Waals surface area contributed by atoms with Crippen molar-refractivity contribution in [3.63, 3.8) is 0 Å². The fourth-order valence-corrected chi connectivity index (χ4v) is 2.18. The van der Waals surface area contributed by atoms with Gasteiger partial charge < -0.3 is 5.73 Å². The Bertz CT molecular complexity index is 648. The van der Waals surface area contributed by atoms with E-state index in [0.29, 0.717) is 24.0 Å². The number of nitrogens with zero attached hydrogens (tertiary/aromatic N) is 3. The maximum atomic E-state index is 11.8. The summed E-state index contributed by atoms with van der Waals surface area (Å²) < 4.78 is 1.58. The largest absolute Gasteiger partial charge is 0.369 e. The summed E-state index contributed by atoms with van der Waals surface area (Å²) in [4.78, 5) is 31.3. The van der Waals surface area contributed by atoms with E-state index in [9.17, 15) is 9.59 Å². The van der Waals surface area contributed by atoms with Crippen molar-refractivity contribution in [1.29, 1.82) is 0 Å². The third-order valence-electron chi connectivity index (χ3n) is 3.00. The lowest BCUT2D eigenvalue weighted by atomic mass is 10.1. The maximum absolute atomic E-state index is 11.8. The van der Waals surface area contributed by atoms with E-state index in [1.165, 1.54) is 0 Å². The Morgan fingerprint density at radius 1 is 1.44 bits per heavy atom. The molecule has 1 unspecified atom stereocenters. The van der Waals surface area contributed by atoms with Crippen LogP contribution in [0.4, 0.5) is 5.95 Å². The number of fused-ring (bicyclic) bond motifs is 1. The zero-order valence-corrected chi connectivity index (χ0v) is 9.46. The molecule has 0 aromatic carbocycles. The highest BCUT2D eigenvalue weighted by molar-refractivity contribution is 6.00. The van der Waals surface area contributed by atoms with Crippen LogP contribution in [-0.4, -0.2) is 26.3 Å². The van der Waals surface area contributed by atoms with Gasteiger partial charge in [-0.25, -0.2) is 9.97 Å². The van der Waals surface area contributed by atoms with Crippen LogP contribution in [0.2, 0.25) is 0 Å². The smallest absolute Gasteiger partial charge is 0.249 e. The van der Waals surface area contributed by atoms with Gasteiger partial charge in [0.15, 0.2) is 5.65 Å². The number of pyridine rings is 1. The Balaban J connectivity index is 2.11. The summed E-state index contributed by atoms with van der Waals surface area (Å²) in [6, 6.07) is 3.01. The quantitative estimate of drug-likeness (QED) is 0.688. The molecule has 3 N–H and O–H groups in total. The first-order chi connectivity index (χ1) is 8.66. The molecule has 1 aliphatic rings. The van der Waals surface area contributed by atoms with Crippen molar-refractivity contribution in [2.24, 2.45) is 0 Å². The molecule has 18 heavy (non-hydrogen) atoms. The third kappa shape index (κ3) is 1.52. The molecule has 1 aliphatic heterocycles. The van der Waals surface area contributed by atoms with Gasteiger partial charge in [-0.3, -0.25) is 19.5 Å². The van der Waals surface area contributed by atoms with Crippen LogP contribution in [0, 0.1) is 0 Å². The normalized spacial score (nSPS) is 20.1. The van der Waals surface area contributed by atoms with E-state index < -0.39 is 6.04 Å². The Labute approximate surface area is 102 Å². The molecule has 3 rings (SSSR count). The number of amides is 2. The zero-order chi connectivity index (χ0) is 12.7. The number of nitrogens with one attached hydrogen (secondary N) is 1. The van der Waals surface area contributed by atoms with Crippen LogP contribution in [-0.2, 0) is 9.59 Å². The first kappa shape index (κ1) is 10.7. The topological polar surface area (TPSA) is 103 Å². The highest BCUT2D eigenvalue weighted by Gasteiger charge is 2.30. The summed E-state index contributed by atoms with van der Waals surface area (Å²) >= 11 is 0. The predicted molar refractivity (Wildman–Crippen MR) is 63.4 cm³/mol. The number of nitrogen functional groups attached to an aromatic ring is 1. The summed E-state index contributed by atoms with van der Waals surface area (Å²) in [7, 11) is 0. The molecular weight excluding hydrogens is 234 g/mol. The lowest BCUT2D eigenvalue weighted by molar-refractivity contribution is -0.135. The van der Waals surface area contributed by atoms with Crippen molar-refractivity contribution in [2.75, 3.05) is 5.73 Å². The van der Waals surface area contributed by atoms with Crippen molar-refractivity contribution in [3.05, 3.63) is 18.3 Å². The van der Waals surface area contributed by atoms with Crippen LogP contribution in [0.5, 0.6) is 0 Å². The van der Waals surface area contributed by atoms with Crippen molar-refractivity contribution in [3.8, 4) is 0 Å². The van der Waals surface area contributed by atoms with Crippen molar-refractivity contribution in [2.45, 2.75) is 18.9 Å². The van der Waals surface area contributed by atoms with Crippen LogP contribution < -0.4 is 11.1 Å². The Morgan fingerprint density at radius 3 is 3.06 bits per heavy atom. The van der Waals surface area contributed by atoms with Gasteiger partial charge in [-0.2, -0.15) is 0 Å². The number of nitrogens with two attached hydrogens (primary N) is 1. The average Bonchev–Trinajstić information content (AvgIpc) is 2.66. The van der Waals surface area contributed by atoms with E-state index in [1.54, 1.807) is 22.9 Å². The molecular formula is C11H11N5O2. The first-order valence-corrected chi connectivity index (χ1v) is 5.59. The molecule has 0 aliphatic carbocycles. The van der Waals surface area contributed by atoms with Crippen LogP contribution in [0.15, 0.2) is 18.3 Å². The lowest BCUT2D eigenvalue weighted by Gasteiger charge is -2.22. The van der Waals surface area contributed by atoms with Gasteiger partial charge in [0.25, 0.3) is 0 Å². The maximum Gasteiger partial charge on any atom is 0.249 e. The number of carbonyl (C=O) groups is 2. The molecule has 1 saturated heterocycles. The van der Waals surface area contributed by atoms with E-state index in [1.807, 2.05) is 0 Å². The summed E-state index contributed by atoms with van der Waals surface area (Å²) in [5.74, 6) is -0.381. The fourth-order valence-electron chi connectivity index (χ4n) is 2.18. The molecule has 1 atom stereocenters. The molecule has 3 heterocycles. The van der Waals surface area contributed by atoms with Gasteiger partial charge in [-0.15, -0.1) is 0 Å². The summed E-state index contributed by atoms with van der Waals surface area (Å²) in [5.41, 5.74) is 7.03. The van der Waals surface area contributed by atoms with E-state index in [-0.39, 0.29) is 17.8 Å². The molecule has 7 nitrogen and oxygen atoms in total. The number of rotatable bonds is 1. The molecule has 7 heteroatoms. The van der Waals surface area contributed by atoms with Crippen molar-refractivity contribution >= 4 is 28.9 Å². The molecule has 2 amide bonds. The van der Waals surface area contributed by atoms with E-state index in [0.717, 1.165) is 0 Å². The number of piperidine rings is 1. The Hall–Kier alpha value is -2.44. The van der Waals surface area contributed by atoms with Crippen LogP contribution >= 0.6 is 0 Å². The van der Waals surface area contributed by atoms with E-state index in [4.69, 9.17) is 5.73 Å². The number of hydrogen-bond donors (Lipinski definition) is 2. The number of imide groups is 1. The minimum Gasteiger partial charge on any atom is -0.369 e. The highest BCUT2D eigenvalue weighted by atomic mass is 16.2. The van der Waals surface area contributed by atoms with E-state index >= 15 is 0 Å². The summed E-state index contributed by atoms with van der Waals surface area (Å²) in [6.45, 7) is 0. The number of aromatic nitrogens is 3. The molecule has 1 fully saturated rings. The third-order valence-corrected chi connectivity index (χ3v) is 3.00. The average molecular weight is 245 g/mol. The predicted octanol–water partition coefficient (Wildman–Crippen LogP) is -0.00880. The molecule has 92 valence electrons. The van der Waals surface area contributed by atoms with Gasteiger partial charge in [-0.05, 0) is 18.6 Å². The minimum absolute atomic E-state index is 0.234. The van der Waals surface area contributed by atoms with E-state index in [2.05, 4.69) is 15.3 Å². The standard InChI is InChI=1S/C11H11N5O2/c12-11-14-6-2-1-5-13-9(6)16(11)7-3-4-8(17)15-10(7)18/h1-2,5,7H,3-4H2,(H2,12,14)(H,15,17,18). The second-order valence-corrected chi connectivity index (χ2v) is 4.15. The molecule has 0 bridgehead atoms. The summed E-state index contributed by atoms with van der Waals surface area (Å²) in [6.07, 6.45) is 2.32. The first-order valence-electron chi connectivity index (χ1n) is 5.59. The fraction of sp³-hybridized carbons (Fsp3) is 0.273. The van der Waals surface area contributed by atoms with Gasteiger partial charge >= 0.3 is 0 Å². The van der Waals surface area contributed by atoms with Gasteiger partial charge in [0, 0.05) is 12.6 Å². The number of anilines is 1. The van der Waals surface area contributed by atoms with Gasteiger partial charge in [-0.1, -0.05) is 0 Å². The van der Waals surface area contributed by atoms with Gasteiger partial charge in [0.2, 0.25) is 17.8 Å². The molecule has 2 aromatic rings. The monoisotopic (exact) mass is 245 g/mol. The van der Waals surface area contributed by atoms with Crippen molar-refractivity contribution in [1.82, 2.24) is 19.9 Å². The van der Waals surface area contributed by atoms with Crippen LogP contribution in [0.3, 0.4) is 0 Å². The van der Waals surface area contributed by atoms with Crippen LogP contribution in [0.1, 0.15) is 18.9 Å². The Morgan fingerprint density at radius 2 is 2.28 bits per heavy atom. The number of hydrogen-bond acceptors (Lipinski definition) is 5. The molecule has 2 aromatic heterocycles. The second kappa shape index (κ2) is 3.80. The number of imidazole rings is 1. The molecule has 0 saturated carbocycles. The van der Waals surface area contributed by atoms with Gasteiger partial charge in [0.05, 0.1) is 0 Å². The molecule has 0 radical (unpaired) electrons. The Kier molecular flexibility index (Phi) is 2.26. The lowest BCUT2D eigenvalue weighted by Crippen LogP contribution is -2.42. The number of carbonyl (C=O) groups excluding carboxylic acids is 2. The second-order valence-electron chi connectivity index (χ2n) is 4.15. The highest BCUT2D eigenvalue weighted by Crippen LogP contribution is 2.26. The zero-order valence-electron chi connectivity index (χ0n) is 9.46. The van der Waals surface area contributed by atoms with Crippen LogP contribution in [0.25, 0.3) is 11.2 Å². The SMILES string of the molecule is Nc1nc2cccnc2n1C1CCC(=O)NC1=O. The summed E-state index contributed by atoms with van der Waals surface area (Å²) in [5, 5.41) is 2.30.